The highest BCUT2D eigenvalue weighted by molar-refractivity contribution is 7.89. The van der Waals surface area contributed by atoms with E-state index in [2.05, 4.69) is 20.3 Å². The van der Waals surface area contributed by atoms with Crippen LogP contribution in [0.25, 0.3) is 11.0 Å². The van der Waals surface area contributed by atoms with Gasteiger partial charge >= 0.3 is 0 Å². The number of H-pyrrole nitrogens is 1. The van der Waals surface area contributed by atoms with Gasteiger partial charge in [0.25, 0.3) is 0 Å². The Morgan fingerprint density at radius 3 is 2.75 bits per heavy atom. The lowest BCUT2D eigenvalue weighted by molar-refractivity contribution is 0.391. The van der Waals surface area contributed by atoms with Gasteiger partial charge in [0.05, 0.1) is 17.6 Å². The van der Waals surface area contributed by atoms with Crippen molar-refractivity contribution in [3.05, 3.63) is 34.9 Å². The van der Waals surface area contributed by atoms with Crippen molar-refractivity contribution in [2.24, 2.45) is 7.05 Å². The number of hydrogen-bond acceptors (Lipinski definition) is 5. The normalized spacial score (nSPS) is 15.8. The number of fused-ring (bicyclic) bond motifs is 3. The van der Waals surface area contributed by atoms with E-state index in [1.807, 2.05) is 0 Å². The molecule has 0 aromatic carbocycles. The van der Waals surface area contributed by atoms with Gasteiger partial charge in [0, 0.05) is 31.7 Å². The van der Waals surface area contributed by atoms with Gasteiger partial charge in [0.1, 0.15) is 4.90 Å². The number of aryl methyl sites for hydroxylation is 2. The van der Waals surface area contributed by atoms with Crippen LogP contribution in [-0.2, 0) is 30.0 Å². The maximum Gasteiger partial charge on any atom is 0.247 e. The fraction of sp³-hybridized carbons (Fsp3) is 0.400. The van der Waals surface area contributed by atoms with Crippen LogP contribution in [0.4, 0.5) is 0 Å². The molecule has 0 spiro atoms. The maximum absolute atomic E-state index is 13.1. The van der Waals surface area contributed by atoms with Gasteiger partial charge < -0.3 is 0 Å². The third-order valence-corrected chi connectivity index (χ3v) is 6.78. The fourth-order valence-electron chi connectivity index (χ4n) is 3.39. The van der Waals surface area contributed by atoms with Crippen molar-refractivity contribution in [2.45, 2.75) is 31.7 Å². The van der Waals surface area contributed by atoms with Crippen molar-refractivity contribution >= 4 is 21.1 Å². The average Bonchev–Trinajstić information content (AvgIpc) is 3.11. The predicted molar refractivity (Wildman–Crippen MR) is 87.9 cm³/mol. The molecule has 0 aliphatic carbocycles. The molecule has 0 amide bonds. The molecule has 3 aromatic heterocycles. The highest BCUT2D eigenvalue weighted by Crippen LogP contribution is 2.30. The first-order valence-corrected chi connectivity index (χ1v) is 9.14. The molecule has 126 valence electrons. The van der Waals surface area contributed by atoms with Gasteiger partial charge in [-0.05, 0) is 31.4 Å². The average molecular weight is 346 g/mol. The van der Waals surface area contributed by atoms with E-state index in [1.54, 1.807) is 38.0 Å². The zero-order chi connectivity index (χ0) is 17.1. The molecule has 0 atom stereocenters. The van der Waals surface area contributed by atoms with E-state index in [0.29, 0.717) is 35.8 Å². The molecule has 3 aromatic rings. The molecule has 4 heterocycles. The molecule has 9 heteroatoms. The third kappa shape index (κ3) is 2.08. The number of nitrogens with zero attached hydrogens (tertiary/aromatic N) is 5. The summed E-state index contributed by atoms with van der Waals surface area (Å²) >= 11 is 0. The summed E-state index contributed by atoms with van der Waals surface area (Å²) in [4.78, 5) is 4.64. The summed E-state index contributed by atoms with van der Waals surface area (Å²) in [7, 11) is -1.83. The molecule has 8 nitrogen and oxygen atoms in total. The summed E-state index contributed by atoms with van der Waals surface area (Å²) in [6.07, 6.45) is 4.13. The number of aromatic nitrogens is 5. The Hall–Kier alpha value is -2.26. The van der Waals surface area contributed by atoms with Crippen molar-refractivity contribution < 1.29 is 8.42 Å². The third-order valence-electron chi connectivity index (χ3n) is 4.68. The first-order chi connectivity index (χ1) is 11.4. The van der Waals surface area contributed by atoms with Crippen LogP contribution in [0.2, 0.25) is 0 Å². The lowest BCUT2D eigenvalue weighted by Gasteiger charge is -2.28. The Morgan fingerprint density at radius 2 is 2.04 bits per heavy atom. The number of nitrogens with one attached hydrogen (secondary N) is 1. The van der Waals surface area contributed by atoms with Crippen LogP contribution in [0.15, 0.2) is 17.3 Å². The summed E-state index contributed by atoms with van der Waals surface area (Å²) in [5.41, 5.74) is 3.98. The van der Waals surface area contributed by atoms with Crippen LogP contribution >= 0.6 is 0 Å². The molecule has 1 aliphatic heterocycles. The minimum absolute atomic E-state index is 0.311. The second-order valence-corrected chi connectivity index (χ2v) is 7.98. The first kappa shape index (κ1) is 15.3. The van der Waals surface area contributed by atoms with E-state index in [4.69, 9.17) is 0 Å². The Balaban J connectivity index is 1.76. The molecule has 1 aliphatic rings. The minimum atomic E-state index is -3.59. The van der Waals surface area contributed by atoms with Crippen LogP contribution < -0.4 is 0 Å². The van der Waals surface area contributed by atoms with Crippen molar-refractivity contribution in [1.82, 2.24) is 29.3 Å². The fourth-order valence-corrected chi connectivity index (χ4v) is 5.21. The quantitative estimate of drug-likeness (QED) is 0.748. The minimum Gasteiger partial charge on any atom is -0.271 e. The molecule has 1 N–H and O–H groups in total. The van der Waals surface area contributed by atoms with Gasteiger partial charge in [-0.25, -0.2) is 13.4 Å². The molecule has 0 saturated carbocycles. The Kier molecular flexibility index (Phi) is 3.26. The van der Waals surface area contributed by atoms with E-state index in [9.17, 15) is 8.42 Å². The van der Waals surface area contributed by atoms with E-state index < -0.39 is 10.0 Å². The number of rotatable bonds is 2. The summed E-state index contributed by atoms with van der Waals surface area (Å²) in [5.74, 6) is 0. The lowest BCUT2D eigenvalue weighted by atomic mass is 10.0. The SMILES string of the molecule is Cc1nn(C)c(C)c1S(=O)(=O)N1CCc2c(cnc3[nH]ncc23)C1. The number of hydrogen-bond donors (Lipinski definition) is 1. The lowest BCUT2D eigenvalue weighted by Crippen LogP contribution is -2.36. The van der Waals surface area contributed by atoms with Gasteiger partial charge in [0.15, 0.2) is 5.65 Å². The highest BCUT2D eigenvalue weighted by Gasteiger charge is 2.33. The Labute approximate surface area is 139 Å². The smallest absolute Gasteiger partial charge is 0.247 e. The number of pyridine rings is 1. The van der Waals surface area contributed by atoms with Gasteiger partial charge in [-0.1, -0.05) is 0 Å². The van der Waals surface area contributed by atoms with Crippen LogP contribution in [0, 0.1) is 13.8 Å². The topological polar surface area (TPSA) is 96.8 Å². The zero-order valence-electron chi connectivity index (χ0n) is 13.7. The molecule has 24 heavy (non-hydrogen) atoms. The van der Waals surface area contributed by atoms with Crippen LogP contribution in [0.1, 0.15) is 22.5 Å². The highest BCUT2D eigenvalue weighted by atomic mass is 32.2. The summed E-state index contributed by atoms with van der Waals surface area (Å²) in [6, 6.07) is 0. The monoisotopic (exact) mass is 346 g/mol. The summed E-state index contributed by atoms with van der Waals surface area (Å²) in [6.45, 7) is 4.27. The van der Waals surface area contributed by atoms with E-state index in [-0.39, 0.29) is 0 Å². The van der Waals surface area contributed by atoms with E-state index in [1.165, 1.54) is 4.31 Å². The van der Waals surface area contributed by atoms with Crippen molar-refractivity contribution in [3.63, 3.8) is 0 Å². The van der Waals surface area contributed by atoms with Gasteiger partial charge in [-0.15, -0.1) is 0 Å². The second kappa shape index (κ2) is 5.12. The predicted octanol–water partition coefficient (Wildman–Crippen LogP) is 1.06. The number of sulfonamides is 1. The standard InChI is InChI=1S/C15H18N6O2S/c1-9-14(10(2)20(3)19-9)24(22,23)21-5-4-12-11(8-21)6-16-15-13(12)7-17-18-15/h6-7H,4-5,8H2,1-3H3,(H,16,17,18). The summed E-state index contributed by atoms with van der Waals surface area (Å²) < 4.78 is 29.3. The van der Waals surface area contributed by atoms with Crippen molar-refractivity contribution in [2.75, 3.05) is 6.54 Å². The van der Waals surface area contributed by atoms with Crippen LogP contribution in [0.3, 0.4) is 0 Å². The van der Waals surface area contributed by atoms with Crippen molar-refractivity contribution in [3.8, 4) is 0 Å². The molecular formula is C15H18N6O2S. The molecule has 0 radical (unpaired) electrons. The molecule has 0 saturated heterocycles. The molecule has 0 unspecified atom stereocenters. The van der Waals surface area contributed by atoms with Gasteiger partial charge in [-0.3, -0.25) is 9.78 Å². The number of aromatic amines is 1. The maximum atomic E-state index is 13.1. The van der Waals surface area contributed by atoms with Crippen LogP contribution in [0.5, 0.6) is 0 Å². The van der Waals surface area contributed by atoms with Gasteiger partial charge in [0.2, 0.25) is 10.0 Å². The molecular weight excluding hydrogens is 328 g/mol. The molecule has 0 fully saturated rings. The van der Waals surface area contributed by atoms with E-state index in [0.717, 1.165) is 22.2 Å². The zero-order valence-corrected chi connectivity index (χ0v) is 14.6. The van der Waals surface area contributed by atoms with Gasteiger partial charge in [-0.2, -0.15) is 14.5 Å². The largest absolute Gasteiger partial charge is 0.271 e. The van der Waals surface area contributed by atoms with Crippen LogP contribution in [-0.4, -0.2) is 44.2 Å². The second-order valence-electron chi connectivity index (χ2n) is 6.11. The Morgan fingerprint density at radius 1 is 1.25 bits per heavy atom. The molecule has 0 bridgehead atoms. The Bertz CT molecular complexity index is 1050. The van der Waals surface area contributed by atoms with Crippen molar-refractivity contribution in [1.29, 1.82) is 0 Å². The molecule has 4 rings (SSSR count). The summed E-state index contributed by atoms with van der Waals surface area (Å²) in [5, 5.41) is 12.1. The first-order valence-electron chi connectivity index (χ1n) is 7.69. The van der Waals surface area contributed by atoms with E-state index >= 15 is 0 Å².